The fourth-order valence-corrected chi connectivity index (χ4v) is 5.11. The summed E-state index contributed by atoms with van der Waals surface area (Å²) in [5.41, 5.74) is -1.56. The van der Waals surface area contributed by atoms with Crippen LogP contribution in [0.5, 0.6) is 34.5 Å². The van der Waals surface area contributed by atoms with E-state index >= 15 is 0 Å². The molecule has 3 aromatic rings. The smallest absolute Gasteiger partial charge is 0.239 e. The highest BCUT2D eigenvalue weighted by Crippen LogP contribution is 2.44. The average Bonchev–Trinajstić information content (AvgIpc) is 3.02. The van der Waals surface area contributed by atoms with Crippen LogP contribution < -0.4 is 14.9 Å². The third-order valence-electron chi connectivity index (χ3n) is 7.67. The zero-order valence-corrected chi connectivity index (χ0v) is 23.8. The highest BCUT2D eigenvalue weighted by molar-refractivity contribution is 5.91. The van der Waals surface area contributed by atoms with Gasteiger partial charge in [-0.25, -0.2) is 0 Å². The van der Waals surface area contributed by atoms with Gasteiger partial charge in [0.2, 0.25) is 23.2 Å². The number of fused-ring (bicyclic) bond motifs is 1. The maximum absolute atomic E-state index is 13.8. The van der Waals surface area contributed by atoms with Gasteiger partial charge in [0, 0.05) is 11.6 Å². The zero-order valence-electron chi connectivity index (χ0n) is 23.8. The predicted molar refractivity (Wildman–Crippen MR) is 148 cm³/mol. The van der Waals surface area contributed by atoms with Crippen molar-refractivity contribution in [1.29, 1.82) is 0 Å². The number of hydrogen-bond donors (Lipinski definition) is 11. The minimum Gasteiger partial charge on any atom is -0.504 e. The summed E-state index contributed by atoms with van der Waals surface area (Å²) in [6, 6.07) is 4.22. The van der Waals surface area contributed by atoms with E-state index in [9.17, 15) is 61.0 Å². The Morgan fingerprint density at radius 1 is 0.739 bits per heavy atom. The van der Waals surface area contributed by atoms with E-state index < -0.39 is 126 Å². The first kappa shape index (κ1) is 33.4. The Morgan fingerprint density at radius 2 is 1.37 bits per heavy atom. The minimum atomic E-state index is -2.03. The van der Waals surface area contributed by atoms with Crippen molar-refractivity contribution >= 4 is 11.0 Å². The lowest BCUT2D eigenvalue weighted by atomic mass is 9.98. The number of phenolic OH excluding ortho intramolecular Hbond substituents is 4. The number of aliphatic hydroxyl groups excluding tert-OH is 7. The molecule has 1 aromatic heterocycles. The Morgan fingerprint density at radius 3 is 2.00 bits per heavy atom. The zero-order chi connectivity index (χ0) is 33.6. The summed E-state index contributed by atoms with van der Waals surface area (Å²) in [5, 5.41) is 112. The second-order valence-corrected chi connectivity index (χ2v) is 10.6. The largest absolute Gasteiger partial charge is 0.504 e. The summed E-state index contributed by atoms with van der Waals surface area (Å²) in [4.78, 5) is 13.8. The lowest BCUT2D eigenvalue weighted by Gasteiger charge is -2.42. The van der Waals surface area contributed by atoms with E-state index in [2.05, 4.69) is 0 Å². The molecule has 0 bridgehead atoms. The van der Waals surface area contributed by atoms with Crippen LogP contribution in [-0.2, 0) is 14.2 Å². The Hall–Kier alpha value is -3.95. The van der Waals surface area contributed by atoms with Crippen LogP contribution in [0.3, 0.4) is 0 Å². The van der Waals surface area contributed by atoms with E-state index in [1.165, 1.54) is 6.07 Å². The fourth-order valence-electron chi connectivity index (χ4n) is 5.11. The molecule has 252 valence electrons. The van der Waals surface area contributed by atoms with Crippen molar-refractivity contribution in [3.8, 4) is 45.8 Å². The lowest BCUT2D eigenvalue weighted by molar-refractivity contribution is -0.323. The molecular formula is C28H32O18. The highest BCUT2D eigenvalue weighted by atomic mass is 16.7. The normalized spacial score (nSPS) is 31.6. The molecule has 5 rings (SSSR count). The highest BCUT2D eigenvalue weighted by Gasteiger charge is 2.48. The Balaban J connectivity index is 1.50. The van der Waals surface area contributed by atoms with Crippen molar-refractivity contribution < 1.29 is 84.3 Å². The van der Waals surface area contributed by atoms with Gasteiger partial charge in [-0.15, -0.1) is 0 Å². The van der Waals surface area contributed by atoms with Crippen molar-refractivity contribution in [3.63, 3.8) is 0 Å². The van der Waals surface area contributed by atoms with Crippen molar-refractivity contribution in [2.24, 2.45) is 0 Å². The number of aromatic hydroxyl groups is 4. The van der Waals surface area contributed by atoms with E-state index in [0.29, 0.717) is 0 Å². The Bertz CT molecular complexity index is 1620. The first-order valence-corrected chi connectivity index (χ1v) is 13.7. The monoisotopic (exact) mass is 656 g/mol. The molecule has 3 heterocycles. The average molecular weight is 657 g/mol. The maximum atomic E-state index is 13.8. The van der Waals surface area contributed by atoms with Gasteiger partial charge in [0.05, 0.1) is 20.3 Å². The number of hydrogen-bond acceptors (Lipinski definition) is 18. The van der Waals surface area contributed by atoms with Gasteiger partial charge in [-0.05, 0) is 18.2 Å². The quantitative estimate of drug-likeness (QED) is 0.110. The number of rotatable bonds is 8. The summed E-state index contributed by atoms with van der Waals surface area (Å²) >= 11 is 0. The molecule has 0 aliphatic carbocycles. The van der Waals surface area contributed by atoms with Crippen LogP contribution in [0.4, 0.5) is 0 Å². The summed E-state index contributed by atoms with van der Waals surface area (Å²) in [5.74, 6) is -4.32. The number of methoxy groups -OCH3 is 1. The van der Waals surface area contributed by atoms with Gasteiger partial charge in [0.1, 0.15) is 59.8 Å². The second-order valence-electron chi connectivity index (χ2n) is 10.6. The van der Waals surface area contributed by atoms with Crippen molar-refractivity contribution in [2.75, 3.05) is 20.3 Å². The number of ether oxygens (including phenoxy) is 5. The molecule has 0 radical (unpaired) electrons. The van der Waals surface area contributed by atoms with Crippen LogP contribution in [0.15, 0.2) is 33.5 Å². The van der Waals surface area contributed by atoms with Crippen LogP contribution in [0.1, 0.15) is 0 Å². The molecule has 2 aliphatic rings. The molecular weight excluding hydrogens is 624 g/mol. The van der Waals surface area contributed by atoms with Crippen molar-refractivity contribution in [2.45, 2.75) is 61.4 Å². The van der Waals surface area contributed by atoms with Gasteiger partial charge >= 0.3 is 0 Å². The van der Waals surface area contributed by atoms with Gasteiger partial charge in [-0.1, -0.05) is 0 Å². The van der Waals surface area contributed by atoms with Crippen LogP contribution >= 0.6 is 0 Å². The van der Waals surface area contributed by atoms with Crippen LogP contribution in [0.2, 0.25) is 0 Å². The van der Waals surface area contributed by atoms with Gasteiger partial charge in [0.25, 0.3) is 0 Å². The van der Waals surface area contributed by atoms with Crippen LogP contribution in [0.25, 0.3) is 22.3 Å². The fraction of sp³-hybridized carbons (Fsp3) is 0.464. The molecule has 11 N–H and O–H groups in total. The predicted octanol–water partition coefficient (Wildman–Crippen LogP) is -2.71. The standard InChI is InChI=1S/C28H32O18/c1-41-25-11(32)5-12-15(18(25)35)19(36)26(24(43-12)8-2-3-9(30)10(31)4-8)46-28-23(40)21(38)17(34)14(45-28)7-42-27-22(39)20(37)16(33)13(6-29)44-27/h2-5,13-14,16-17,20-23,27-35,37-40H,6-7H2,1H3. The summed E-state index contributed by atoms with van der Waals surface area (Å²) in [7, 11) is 1.11. The van der Waals surface area contributed by atoms with Crippen molar-refractivity contribution in [1.82, 2.24) is 0 Å². The third-order valence-corrected chi connectivity index (χ3v) is 7.67. The number of phenols is 4. The number of benzene rings is 2. The molecule has 46 heavy (non-hydrogen) atoms. The van der Waals surface area contributed by atoms with Crippen LogP contribution in [0, 0.1) is 0 Å². The molecule has 2 fully saturated rings. The first-order valence-electron chi connectivity index (χ1n) is 13.7. The Kier molecular flexibility index (Phi) is 9.47. The van der Waals surface area contributed by atoms with E-state index in [4.69, 9.17) is 28.1 Å². The first-order chi connectivity index (χ1) is 21.8. The molecule has 10 unspecified atom stereocenters. The van der Waals surface area contributed by atoms with Crippen molar-refractivity contribution in [3.05, 3.63) is 34.5 Å². The molecule has 0 spiro atoms. The molecule has 18 heteroatoms. The van der Waals surface area contributed by atoms with Crippen LogP contribution in [-0.4, -0.2) is 138 Å². The molecule has 10 atom stereocenters. The number of aliphatic hydroxyl groups is 7. The summed E-state index contributed by atoms with van der Waals surface area (Å²) < 4.78 is 32.7. The van der Waals surface area contributed by atoms with Gasteiger partial charge in [0.15, 0.2) is 35.0 Å². The summed E-state index contributed by atoms with van der Waals surface area (Å²) in [6.45, 7) is -1.44. The summed E-state index contributed by atoms with van der Waals surface area (Å²) in [6.07, 6.45) is -17.6. The van der Waals surface area contributed by atoms with Gasteiger partial charge < -0.3 is 84.3 Å². The molecule has 2 saturated heterocycles. The van der Waals surface area contributed by atoms with E-state index in [1.807, 2.05) is 0 Å². The maximum Gasteiger partial charge on any atom is 0.239 e. The van der Waals surface area contributed by atoms with E-state index in [-0.39, 0.29) is 11.1 Å². The topological polar surface area (TPSA) is 299 Å². The minimum absolute atomic E-state index is 0.0764. The Labute approximate surface area is 257 Å². The van der Waals surface area contributed by atoms with E-state index in [1.54, 1.807) is 0 Å². The van der Waals surface area contributed by atoms with E-state index in [0.717, 1.165) is 25.3 Å². The third kappa shape index (κ3) is 5.86. The molecule has 18 nitrogen and oxygen atoms in total. The molecule has 2 aromatic carbocycles. The second kappa shape index (κ2) is 13.0. The van der Waals surface area contributed by atoms with Gasteiger partial charge in [-0.3, -0.25) is 4.79 Å². The SMILES string of the molecule is COc1c(O)cc2oc(-c3ccc(O)c(O)c3)c(OC3OC(COC4OC(CO)C(O)C(O)C4O)C(O)C(O)C3O)c(=O)c2c1O. The molecule has 0 amide bonds. The van der Waals surface area contributed by atoms with Gasteiger partial charge in [-0.2, -0.15) is 0 Å². The molecule has 2 aliphatic heterocycles. The lowest BCUT2D eigenvalue weighted by Crippen LogP contribution is -2.62. The molecule has 0 saturated carbocycles.